The van der Waals surface area contributed by atoms with E-state index >= 15 is 0 Å². The Balaban J connectivity index is 2.28. The fourth-order valence-corrected chi connectivity index (χ4v) is 2.30. The van der Waals surface area contributed by atoms with E-state index in [0.717, 1.165) is 10.5 Å². The lowest BCUT2D eigenvalue weighted by Gasteiger charge is -2.23. The fraction of sp³-hybridized carbons (Fsp3) is 0.471. The molecular weight excluding hydrogens is 280 g/mol. The second-order valence-corrected chi connectivity index (χ2v) is 6.99. The lowest BCUT2D eigenvalue weighted by atomic mass is 9.89. The van der Waals surface area contributed by atoms with Crippen LogP contribution in [0.1, 0.15) is 38.8 Å². The molecule has 1 fully saturated rings. The fourth-order valence-electron chi connectivity index (χ4n) is 2.30. The number of nitrogens with zero attached hydrogens (tertiary/aromatic N) is 1. The number of hydrogen-bond acceptors (Lipinski definition) is 3. The van der Waals surface area contributed by atoms with Crippen molar-refractivity contribution in [3.05, 3.63) is 35.4 Å². The number of amides is 3. The van der Waals surface area contributed by atoms with Gasteiger partial charge in [-0.15, -0.1) is 0 Å². The smallest absolute Gasteiger partial charge is 0.319 e. The summed E-state index contributed by atoms with van der Waals surface area (Å²) in [4.78, 5) is 38.0. The van der Waals surface area contributed by atoms with Crippen LogP contribution in [0.25, 0.3) is 0 Å². The molecule has 1 aliphatic heterocycles. The van der Waals surface area contributed by atoms with Gasteiger partial charge in [0.05, 0.1) is 6.54 Å². The van der Waals surface area contributed by atoms with Crippen molar-refractivity contribution in [1.29, 1.82) is 0 Å². The molecule has 1 aliphatic rings. The molecule has 1 aromatic rings. The van der Waals surface area contributed by atoms with Gasteiger partial charge in [-0.25, -0.2) is 4.79 Å². The van der Waals surface area contributed by atoms with Crippen molar-refractivity contribution in [2.45, 2.75) is 40.2 Å². The normalized spacial score (nSPS) is 22.0. The summed E-state index contributed by atoms with van der Waals surface area (Å²) in [5.74, 6) is -0.539. The highest BCUT2D eigenvalue weighted by atomic mass is 16.2. The Labute approximate surface area is 130 Å². The van der Waals surface area contributed by atoms with Crippen LogP contribution in [0.4, 0.5) is 4.79 Å². The molecule has 1 N–H and O–H groups in total. The van der Waals surface area contributed by atoms with Gasteiger partial charge >= 0.3 is 6.03 Å². The van der Waals surface area contributed by atoms with Gasteiger partial charge in [-0.2, -0.15) is 0 Å². The van der Waals surface area contributed by atoms with Gasteiger partial charge in [0.15, 0.2) is 5.78 Å². The predicted octanol–water partition coefficient (Wildman–Crippen LogP) is 2.38. The van der Waals surface area contributed by atoms with Gasteiger partial charge < -0.3 is 5.32 Å². The molecule has 1 aromatic carbocycles. The zero-order valence-electron chi connectivity index (χ0n) is 13.7. The Bertz CT molecular complexity index is 628. The van der Waals surface area contributed by atoms with Crippen molar-refractivity contribution < 1.29 is 14.4 Å². The van der Waals surface area contributed by atoms with Crippen LogP contribution in [0.15, 0.2) is 24.3 Å². The highest BCUT2D eigenvalue weighted by molar-refractivity contribution is 6.09. The zero-order chi connectivity index (χ0) is 16.7. The van der Waals surface area contributed by atoms with Crippen LogP contribution >= 0.6 is 0 Å². The molecule has 22 heavy (non-hydrogen) atoms. The maximum Gasteiger partial charge on any atom is 0.325 e. The molecule has 2 rings (SSSR count). The summed E-state index contributed by atoms with van der Waals surface area (Å²) in [6, 6.07) is 6.91. The van der Waals surface area contributed by atoms with Crippen LogP contribution in [0.3, 0.4) is 0 Å². The molecule has 0 radical (unpaired) electrons. The van der Waals surface area contributed by atoms with E-state index in [1.807, 2.05) is 31.2 Å². The number of urea groups is 1. The van der Waals surface area contributed by atoms with E-state index in [2.05, 4.69) is 5.32 Å². The summed E-state index contributed by atoms with van der Waals surface area (Å²) in [7, 11) is 0. The van der Waals surface area contributed by atoms with E-state index < -0.39 is 17.0 Å². The SMILES string of the molecule is Cc1ccc(C2(C)NC(=O)N(CC(=O)C(C)(C)C)C2=O)cc1. The van der Waals surface area contributed by atoms with E-state index in [4.69, 9.17) is 0 Å². The number of imide groups is 1. The van der Waals surface area contributed by atoms with Crippen LogP contribution in [-0.4, -0.2) is 29.2 Å². The third kappa shape index (κ3) is 2.75. The molecule has 0 saturated carbocycles. The average Bonchev–Trinajstić information content (AvgIpc) is 2.63. The standard InChI is InChI=1S/C17H22N2O3/c1-11-6-8-12(9-7-11)17(5)14(21)19(15(22)18-17)10-13(20)16(2,3)4/h6-9H,10H2,1-5H3,(H,18,22). The van der Waals surface area contributed by atoms with Crippen LogP contribution in [-0.2, 0) is 15.1 Å². The lowest BCUT2D eigenvalue weighted by Crippen LogP contribution is -2.42. The van der Waals surface area contributed by atoms with Crippen molar-refractivity contribution in [3.63, 3.8) is 0 Å². The maximum absolute atomic E-state index is 12.7. The van der Waals surface area contributed by atoms with E-state index in [9.17, 15) is 14.4 Å². The molecule has 1 atom stereocenters. The Hall–Kier alpha value is -2.17. The average molecular weight is 302 g/mol. The Morgan fingerprint density at radius 3 is 2.23 bits per heavy atom. The van der Waals surface area contributed by atoms with Crippen molar-refractivity contribution in [2.75, 3.05) is 6.54 Å². The first-order valence-corrected chi connectivity index (χ1v) is 7.30. The Morgan fingerprint density at radius 2 is 1.73 bits per heavy atom. The van der Waals surface area contributed by atoms with E-state index in [0.29, 0.717) is 5.56 Å². The van der Waals surface area contributed by atoms with Gasteiger partial charge in [-0.05, 0) is 19.4 Å². The Kier molecular flexibility index (Phi) is 3.85. The number of carbonyl (C=O) groups excluding carboxylic acids is 3. The maximum atomic E-state index is 12.7. The largest absolute Gasteiger partial charge is 0.325 e. The van der Waals surface area contributed by atoms with Gasteiger partial charge in [-0.1, -0.05) is 50.6 Å². The molecule has 0 bridgehead atoms. The summed E-state index contributed by atoms with van der Waals surface area (Å²) < 4.78 is 0. The minimum absolute atomic E-state index is 0.149. The topological polar surface area (TPSA) is 66.5 Å². The summed E-state index contributed by atoms with van der Waals surface area (Å²) in [6.07, 6.45) is 0. The third-order valence-electron chi connectivity index (χ3n) is 4.04. The molecule has 0 spiro atoms. The monoisotopic (exact) mass is 302 g/mol. The quantitative estimate of drug-likeness (QED) is 0.872. The van der Waals surface area contributed by atoms with Crippen molar-refractivity contribution in [1.82, 2.24) is 10.2 Å². The van der Waals surface area contributed by atoms with Crippen molar-refractivity contribution in [2.24, 2.45) is 5.41 Å². The molecule has 1 unspecified atom stereocenters. The molecule has 0 aromatic heterocycles. The molecule has 5 heteroatoms. The molecule has 1 saturated heterocycles. The zero-order valence-corrected chi connectivity index (χ0v) is 13.7. The highest BCUT2D eigenvalue weighted by Gasteiger charge is 2.49. The molecular formula is C17H22N2O3. The summed E-state index contributed by atoms with van der Waals surface area (Å²) >= 11 is 0. The predicted molar refractivity (Wildman–Crippen MR) is 83.2 cm³/mol. The minimum atomic E-state index is -1.12. The summed E-state index contributed by atoms with van der Waals surface area (Å²) in [5.41, 5.74) is 0.0675. The number of carbonyl (C=O) groups is 3. The second kappa shape index (κ2) is 5.23. The molecule has 0 aliphatic carbocycles. The van der Waals surface area contributed by atoms with E-state index in [1.54, 1.807) is 27.7 Å². The number of nitrogens with one attached hydrogen (secondary N) is 1. The number of hydrogen-bond donors (Lipinski definition) is 1. The van der Waals surface area contributed by atoms with E-state index in [1.165, 1.54) is 0 Å². The molecule has 3 amide bonds. The van der Waals surface area contributed by atoms with Crippen LogP contribution in [0.5, 0.6) is 0 Å². The Morgan fingerprint density at radius 1 is 1.18 bits per heavy atom. The number of rotatable bonds is 3. The third-order valence-corrected chi connectivity index (χ3v) is 4.04. The summed E-state index contributed by atoms with van der Waals surface area (Å²) in [6.45, 7) is 8.73. The van der Waals surface area contributed by atoms with Crippen LogP contribution in [0, 0.1) is 12.3 Å². The highest BCUT2D eigenvalue weighted by Crippen LogP contribution is 2.29. The van der Waals surface area contributed by atoms with Gasteiger partial charge in [0.25, 0.3) is 5.91 Å². The first kappa shape index (κ1) is 16.2. The molecule has 1 heterocycles. The van der Waals surface area contributed by atoms with Crippen LogP contribution < -0.4 is 5.32 Å². The van der Waals surface area contributed by atoms with E-state index in [-0.39, 0.29) is 18.2 Å². The number of Topliss-reactive ketones (excluding diaryl/α,β-unsaturated/α-hetero) is 1. The van der Waals surface area contributed by atoms with Crippen molar-refractivity contribution in [3.8, 4) is 0 Å². The summed E-state index contributed by atoms with van der Waals surface area (Å²) in [5, 5.41) is 2.71. The lowest BCUT2D eigenvalue weighted by molar-refractivity contribution is -0.136. The first-order chi connectivity index (χ1) is 10.1. The van der Waals surface area contributed by atoms with Gasteiger partial charge in [0, 0.05) is 5.41 Å². The second-order valence-electron chi connectivity index (χ2n) is 6.99. The number of ketones is 1. The number of aryl methyl sites for hydroxylation is 1. The van der Waals surface area contributed by atoms with Gasteiger partial charge in [-0.3, -0.25) is 14.5 Å². The van der Waals surface area contributed by atoms with Gasteiger partial charge in [0.1, 0.15) is 5.54 Å². The van der Waals surface area contributed by atoms with Gasteiger partial charge in [0.2, 0.25) is 0 Å². The minimum Gasteiger partial charge on any atom is -0.319 e. The molecule has 118 valence electrons. The number of benzene rings is 1. The molecule has 5 nitrogen and oxygen atoms in total. The van der Waals surface area contributed by atoms with Crippen LogP contribution in [0.2, 0.25) is 0 Å². The first-order valence-electron chi connectivity index (χ1n) is 7.30. The van der Waals surface area contributed by atoms with Crippen molar-refractivity contribution >= 4 is 17.7 Å².